The first-order valence-electron chi connectivity index (χ1n) is 13.2. The lowest BCUT2D eigenvalue weighted by molar-refractivity contribution is -0.129. The van der Waals surface area contributed by atoms with E-state index in [1.807, 2.05) is 0 Å². The van der Waals surface area contributed by atoms with Gasteiger partial charge in [-0.2, -0.15) is 8.78 Å². The highest BCUT2D eigenvalue weighted by Gasteiger charge is 2.43. The molecule has 0 spiro atoms. The molecule has 13 heteroatoms. The van der Waals surface area contributed by atoms with E-state index in [0.29, 0.717) is 5.39 Å². The van der Waals surface area contributed by atoms with Crippen LogP contribution in [0.1, 0.15) is 19.4 Å². The van der Waals surface area contributed by atoms with Gasteiger partial charge in [-0.3, -0.25) is 14.4 Å². The molecule has 4 rings (SSSR count). The molecule has 0 radical (unpaired) electrons. The molecule has 3 aromatic carbocycles. The predicted molar refractivity (Wildman–Crippen MR) is 155 cm³/mol. The zero-order valence-corrected chi connectivity index (χ0v) is 24.3. The van der Waals surface area contributed by atoms with Crippen molar-refractivity contribution in [1.29, 1.82) is 0 Å². The summed E-state index contributed by atoms with van der Waals surface area (Å²) in [6, 6.07) is 13.4. The Hall–Kier alpha value is -4.10. The molecular formula is C29H32F2N4O6S. The lowest BCUT2D eigenvalue weighted by Crippen LogP contribution is -2.60. The number of likely N-dealkylation sites (N-methyl/N-ethyl adjacent to an activating group) is 1. The van der Waals surface area contributed by atoms with Crippen LogP contribution < -0.4 is 25.2 Å². The molecule has 1 heterocycles. The number of anilines is 2. The first-order valence-corrected chi connectivity index (χ1v) is 15.2. The van der Waals surface area contributed by atoms with E-state index in [0.717, 1.165) is 11.6 Å². The molecule has 0 bridgehead atoms. The Morgan fingerprint density at radius 2 is 1.67 bits per heavy atom. The van der Waals surface area contributed by atoms with E-state index >= 15 is 0 Å². The van der Waals surface area contributed by atoms with Crippen molar-refractivity contribution in [2.45, 2.75) is 45.1 Å². The Balaban J connectivity index is 1.92. The number of hydrogen-bond donors (Lipinski definition) is 2. The first kappa shape index (κ1) is 30.8. The van der Waals surface area contributed by atoms with Crippen molar-refractivity contribution in [2.24, 2.45) is 0 Å². The van der Waals surface area contributed by atoms with Gasteiger partial charge in [0.1, 0.15) is 17.5 Å². The van der Waals surface area contributed by atoms with E-state index in [1.54, 1.807) is 68.6 Å². The monoisotopic (exact) mass is 602 g/mol. The molecule has 0 aliphatic carbocycles. The minimum atomic E-state index is -3.76. The summed E-state index contributed by atoms with van der Waals surface area (Å²) in [4.78, 5) is 43.3. The van der Waals surface area contributed by atoms with Crippen molar-refractivity contribution >= 4 is 49.7 Å². The molecule has 0 saturated carbocycles. The van der Waals surface area contributed by atoms with Gasteiger partial charge in [-0.15, -0.1) is 0 Å². The highest BCUT2D eigenvalue weighted by atomic mass is 32.2. The summed E-state index contributed by atoms with van der Waals surface area (Å²) in [5, 5.41) is 6.78. The van der Waals surface area contributed by atoms with Crippen LogP contribution >= 0.6 is 0 Å². The number of hydrogen-bond acceptors (Lipinski definition) is 7. The zero-order chi connectivity index (χ0) is 30.8. The van der Waals surface area contributed by atoms with E-state index in [1.165, 1.54) is 22.8 Å². The lowest BCUT2D eigenvalue weighted by Gasteiger charge is -2.32. The fourth-order valence-electron chi connectivity index (χ4n) is 5.01. The Labute approximate surface area is 242 Å². The summed E-state index contributed by atoms with van der Waals surface area (Å²) < 4.78 is 56.0. The molecule has 1 aliphatic rings. The van der Waals surface area contributed by atoms with Gasteiger partial charge in [0.25, 0.3) is 5.91 Å². The fourth-order valence-corrected chi connectivity index (χ4v) is 5.60. The Morgan fingerprint density at radius 1 is 1.02 bits per heavy atom. The molecular weight excluding hydrogens is 570 g/mol. The number of sulfone groups is 1. The number of amides is 3. The second-order valence-corrected chi connectivity index (χ2v) is 12.3. The van der Waals surface area contributed by atoms with Crippen LogP contribution in [0, 0.1) is 0 Å². The number of rotatable bonds is 9. The topological polar surface area (TPSA) is 125 Å². The average molecular weight is 603 g/mol. The number of para-hydroxylation sites is 2. The predicted octanol–water partition coefficient (Wildman–Crippen LogP) is 2.85. The number of nitrogens with one attached hydrogen (secondary N) is 2. The molecule has 0 aromatic heterocycles. The van der Waals surface area contributed by atoms with Crippen LogP contribution in [0.2, 0.25) is 0 Å². The highest BCUT2D eigenvalue weighted by Crippen LogP contribution is 2.39. The van der Waals surface area contributed by atoms with Gasteiger partial charge >= 0.3 is 6.61 Å². The molecule has 3 amide bonds. The smallest absolute Gasteiger partial charge is 0.387 e. The van der Waals surface area contributed by atoms with Crippen molar-refractivity contribution in [1.82, 2.24) is 10.6 Å². The van der Waals surface area contributed by atoms with Gasteiger partial charge in [0.15, 0.2) is 9.84 Å². The summed E-state index contributed by atoms with van der Waals surface area (Å²) in [6.45, 7) is -0.258. The van der Waals surface area contributed by atoms with E-state index < -0.39 is 58.0 Å². The van der Waals surface area contributed by atoms with Gasteiger partial charge in [0.05, 0.1) is 30.0 Å². The molecule has 1 aliphatic heterocycles. The van der Waals surface area contributed by atoms with Gasteiger partial charge in [-0.05, 0) is 49.9 Å². The van der Waals surface area contributed by atoms with Crippen LogP contribution in [0.3, 0.4) is 0 Å². The van der Waals surface area contributed by atoms with E-state index in [4.69, 9.17) is 4.74 Å². The summed E-state index contributed by atoms with van der Waals surface area (Å²) in [5.41, 5.74) is 0.737. The molecule has 0 saturated heterocycles. The summed E-state index contributed by atoms with van der Waals surface area (Å²) in [7, 11) is -2.19. The number of halogens is 2. The molecule has 42 heavy (non-hydrogen) atoms. The van der Waals surface area contributed by atoms with Crippen molar-refractivity contribution in [3.8, 4) is 5.75 Å². The van der Waals surface area contributed by atoms with Crippen LogP contribution in [0.15, 0.2) is 60.7 Å². The van der Waals surface area contributed by atoms with Gasteiger partial charge in [-0.25, -0.2) is 8.42 Å². The quantitative estimate of drug-likeness (QED) is 0.386. The third kappa shape index (κ3) is 6.52. The highest BCUT2D eigenvalue weighted by molar-refractivity contribution is 7.91. The number of fused-ring (bicyclic) bond motifs is 2. The molecule has 3 atom stereocenters. The Kier molecular flexibility index (Phi) is 9.12. The largest absolute Gasteiger partial charge is 0.434 e. The van der Waals surface area contributed by atoms with E-state index in [9.17, 15) is 31.6 Å². The van der Waals surface area contributed by atoms with E-state index in [2.05, 4.69) is 10.6 Å². The lowest BCUT2D eigenvalue weighted by atomic mass is 10.0. The minimum Gasteiger partial charge on any atom is -0.434 e. The zero-order valence-electron chi connectivity index (χ0n) is 23.5. The second kappa shape index (κ2) is 12.4. The van der Waals surface area contributed by atoms with Crippen molar-refractivity contribution in [3.05, 3.63) is 66.2 Å². The van der Waals surface area contributed by atoms with Crippen LogP contribution in [0.4, 0.5) is 20.2 Å². The molecule has 3 aromatic rings. The molecule has 0 fully saturated rings. The summed E-state index contributed by atoms with van der Waals surface area (Å²) in [5.74, 6) is -2.92. The van der Waals surface area contributed by atoms with Crippen LogP contribution in [0.5, 0.6) is 5.75 Å². The molecule has 224 valence electrons. The maximum atomic E-state index is 14.3. The van der Waals surface area contributed by atoms with Gasteiger partial charge in [-0.1, -0.05) is 42.5 Å². The van der Waals surface area contributed by atoms with Crippen molar-refractivity contribution in [2.75, 3.05) is 28.9 Å². The Morgan fingerprint density at radius 3 is 2.31 bits per heavy atom. The number of carbonyl (C=O) groups excluding carboxylic acids is 3. The van der Waals surface area contributed by atoms with Gasteiger partial charge in [0, 0.05) is 11.8 Å². The Bertz CT molecular complexity index is 1620. The van der Waals surface area contributed by atoms with Crippen LogP contribution in [0.25, 0.3) is 10.8 Å². The number of carbonyl (C=O) groups is 3. The van der Waals surface area contributed by atoms with Crippen molar-refractivity contribution < 1.29 is 36.3 Å². The number of ether oxygens (including phenoxy) is 1. The number of alkyl halides is 2. The summed E-state index contributed by atoms with van der Waals surface area (Å²) >= 11 is 0. The first-order chi connectivity index (χ1) is 19.8. The molecule has 2 N–H and O–H groups in total. The normalized spacial score (nSPS) is 18.0. The number of nitrogens with zero attached hydrogens (tertiary/aromatic N) is 2. The molecule has 0 unspecified atom stereocenters. The second-order valence-electron chi connectivity index (χ2n) is 10.1. The van der Waals surface area contributed by atoms with Gasteiger partial charge < -0.3 is 25.2 Å². The number of benzene rings is 3. The average Bonchev–Trinajstić information content (AvgIpc) is 3.01. The standard InChI is InChI=1S/C29H32F2N4O6S/c1-17(32-3)27(37)33-26-18(2)35(25(36)16-42(4,39)40)23-12-8-7-11-22(23)34(28(26)38)15-21-20-10-6-5-9-19(20)13-14-24(21)41-29(30)31/h5-14,17-18,26,29,32H,15-16H2,1-4H3,(H,33,37)/t17-,18-,26-/m0/s1. The minimum absolute atomic E-state index is 0.138. The maximum absolute atomic E-state index is 14.3. The maximum Gasteiger partial charge on any atom is 0.387 e. The molecule has 10 nitrogen and oxygen atoms in total. The third-order valence-electron chi connectivity index (χ3n) is 7.16. The van der Waals surface area contributed by atoms with Crippen LogP contribution in [-0.4, -0.2) is 69.9 Å². The van der Waals surface area contributed by atoms with Crippen molar-refractivity contribution in [3.63, 3.8) is 0 Å². The SMILES string of the molecule is CN[C@@H](C)C(=O)N[C@@H]1C(=O)N(Cc2c(OC(F)F)ccc3ccccc23)c2ccccc2N(C(=O)CS(C)(=O)=O)[C@H]1C. The fraction of sp³-hybridized carbons (Fsp3) is 0.345. The van der Waals surface area contributed by atoms with Crippen LogP contribution in [-0.2, 0) is 30.8 Å². The summed E-state index contributed by atoms with van der Waals surface area (Å²) in [6.07, 6.45) is 0.926. The van der Waals surface area contributed by atoms with E-state index in [-0.39, 0.29) is 29.2 Å². The van der Waals surface area contributed by atoms with Gasteiger partial charge in [0.2, 0.25) is 11.8 Å². The third-order valence-corrected chi connectivity index (χ3v) is 7.93.